The molecule has 0 fully saturated rings. The minimum absolute atomic E-state index is 0.188. The third-order valence-electron chi connectivity index (χ3n) is 5.04. The summed E-state index contributed by atoms with van der Waals surface area (Å²) in [6.45, 7) is 9.55. The predicted octanol–water partition coefficient (Wildman–Crippen LogP) is 6.87. The first kappa shape index (κ1) is 23.8. The number of rotatable bonds is 11. The summed E-state index contributed by atoms with van der Waals surface area (Å²) in [5, 5.41) is 0. The molecule has 0 heterocycles. The van der Waals surface area contributed by atoms with Crippen LogP contribution in [-0.4, -0.2) is 19.5 Å². The molecule has 3 rings (SSSR count). The second-order valence-electron chi connectivity index (χ2n) is 8.22. The van der Waals surface area contributed by atoms with E-state index in [9.17, 15) is 4.39 Å². The largest absolute Gasteiger partial charge is 0.465 e. The van der Waals surface area contributed by atoms with Crippen LogP contribution in [0.4, 0.5) is 4.39 Å². The Balaban J connectivity index is 1.56. The first-order valence-electron chi connectivity index (χ1n) is 10.9. The van der Waals surface area contributed by atoms with Gasteiger partial charge in [0, 0.05) is 12.0 Å². The zero-order valence-corrected chi connectivity index (χ0v) is 19.1. The molecule has 0 aliphatic carbocycles. The molecular formula is C27H31FO4. The number of benzene rings is 3. The lowest BCUT2D eigenvalue weighted by Gasteiger charge is -2.25. The fourth-order valence-corrected chi connectivity index (χ4v) is 3.28. The Morgan fingerprint density at radius 3 is 2.31 bits per heavy atom. The second-order valence-corrected chi connectivity index (χ2v) is 8.22. The van der Waals surface area contributed by atoms with E-state index >= 15 is 0 Å². The van der Waals surface area contributed by atoms with Crippen LogP contribution in [0.3, 0.4) is 0 Å². The van der Waals surface area contributed by atoms with E-state index in [-0.39, 0.29) is 17.5 Å². The van der Waals surface area contributed by atoms with Gasteiger partial charge in [0.25, 0.3) is 0 Å². The maximum atomic E-state index is 14.2. The zero-order valence-electron chi connectivity index (χ0n) is 19.1. The molecule has 0 aliphatic rings. The second kappa shape index (κ2) is 11.1. The van der Waals surface area contributed by atoms with Crippen molar-refractivity contribution >= 4 is 0 Å². The van der Waals surface area contributed by atoms with Gasteiger partial charge in [0.15, 0.2) is 17.9 Å². The standard InChI is InChI=1S/C27H31FO4/c1-5-30-20(2)31-24-14-12-22(13-15-24)27(3,4)19-29-18-21-11-16-25(28)26(17-21)32-23-9-7-6-8-10-23/h6-17,20H,5,18-19H2,1-4H3. The Morgan fingerprint density at radius 2 is 1.62 bits per heavy atom. The SMILES string of the molecule is CCOC(C)Oc1ccc(C(C)(C)COCc2ccc(F)c(Oc3ccccc3)c2)cc1. The number of hydrogen-bond donors (Lipinski definition) is 0. The molecule has 5 heteroatoms. The first-order valence-corrected chi connectivity index (χ1v) is 10.9. The lowest BCUT2D eigenvalue weighted by Crippen LogP contribution is -2.24. The lowest BCUT2D eigenvalue weighted by atomic mass is 9.85. The smallest absolute Gasteiger partial charge is 0.196 e. The van der Waals surface area contributed by atoms with Gasteiger partial charge in [-0.25, -0.2) is 4.39 Å². The van der Waals surface area contributed by atoms with Crippen molar-refractivity contribution in [1.82, 2.24) is 0 Å². The van der Waals surface area contributed by atoms with Gasteiger partial charge in [0.1, 0.15) is 11.5 Å². The lowest BCUT2D eigenvalue weighted by molar-refractivity contribution is -0.0613. The Bertz CT molecular complexity index is 971. The molecule has 0 saturated heterocycles. The molecular weight excluding hydrogens is 407 g/mol. The maximum Gasteiger partial charge on any atom is 0.196 e. The number of hydrogen-bond acceptors (Lipinski definition) is 4. The van der Waals surface area contributed by atoms with Crippen molar-refractivity contribution in [1.29, 1.82) is 0 Å². The highest BCUT2D eigenvalue weighted by atomic mass is 19.1. The third-order valence-corrected chi connectivity index (χ3v) is 5.04. The van der Waals surface area contributed by atoms with Crippen LogP contribution in [0, 0.1) is 5.82 Å². The fourth-order valence-electron chi connectivity index (χ4n) is 3.28. The molecule has 0 bridgehead atoms. The average molecular weight is 439 g/mol. The van der Waals surface area contributed by atoms with Gasteiger partial charge in [-0.1, -0.05) is 50.2 Å². The van der Waals surface area contributed by atoms with Gasteiger partial charge in [-0.3, -0.25) is 0 Å². The summed E-state index contributed by atoms with van der Waals surface area (Å²) in [7, 11) is 0. The van der Waals surface area contributed by atoms with Crippen molar-refractivity contribution in [2.24, 2.45) is 0 Å². The summed E-state index contributed by atoms with van der Waals surface area (Å²) in [6.07, 6.45) is -0.284. The average Bonchev–Trinajstić information content (AvgIpc) is 2.77. The Morgan fingerprint density at radius 1 is 0.906 bits per heavy atom. The topological polar surface area (TPSA) is 36.9 Å². The molecule has 0 aliphatic heterocycles. The van der Waals surface area contributed by atoms with Crippen molar-refractivity contribution in [3.8, 4) is 17.2 Å². The Kier molecular flexibility index (Phi) is 8.26. The van der Waals surface area contributed by atoms with E-state index in [0.717, 1.165) is 16.9 Å². The third kappa shape index (κ3) is 6.81. The molecule has 1 unspecified atom stereocenters. The van der Waals surface area contributed by atoms with E-state index in [4.69, 9.17) is 18.9 Å². The zero-order chi connectivity index (χ0) is 23.0. The molecule has 0 saturated carbocycles. The molecule has 0 aromatic heterocycles. The van der Waals surface area contributed by atoms with Crippen molar-refractivity contribution in [2.75, 3.05) is 13.2 Å². The number of ether oxygens (including phenoxy) is 4. The molecule has 1 atom stereocenters. The summed E-state index contributed by atoms with van der Waals surface area (Å²) in [6, 6.07) is 21.9. The predicted molar refractivity (Wildman–Crippen MR) is 124 cm³/mol. The van der Waals surface area contributed by atoms with Gasteiger partial charge in [-0.2, -0.15) is 0 Å². The maximum absolute atomic E-state index is 14.2. The number of para-hydroxylation sites is 1. The monoisotopic (exact) mass is 438 g/mol. The number of halogens is 1. The normalized spacial score (nSPS) is 12.4. The highest BCUT2D eigenvalue weighted by Gasteiger charge is 2.21. The summed E-state index contributed by atoms with van der Waals surface area (Å²) in [5.41, 5.74) is 1.79. The summed E-state index contributed by atoms with van der Waals surface area (Å²) in [5.74, 6) is 1.14. The van der Waals surface area contributed by atoms with E-state index in [1.807, 2.05) is 56.3 Å². The van der Waals surface area contributed by atoms with E-state index in [0.29, 0.717) is 25.6 Å². The van der Waals surface area contributed by atoms with Gasteiger partial charge in [0.05, 0.1) is 13.2 Å². The minimum atomic E-state index is -0.404. The molecule has 32 heavy (non-hydrogen) atoms. The van der Waals surface area contributed by atoms with Gasteiger partial charge in [-0.05, 0) is 61.4 Å². The Labute approximate surface area is 189 Å². The van der Waals surface area contributed by atoms with Crippen LogP contribution < -0.4 is 9.47 Å². The van der Waals surface area contributed by atoms with Crippen LogP contribution in [0.5, 0.6) is 17.2 Å². The highest BCUT2D eigenvalue weighted by molar-refractivity contribution is 5.35. The van der Waals surface area contributed by atoms with E-state index in [2.05, 4.69) is 13.8 Å². The van der Waals surface area contributed by atoms with Gasteiger partial charge < -0.3 is 18.9 Å². The molecule has 0 N–H and O–H groups in total. The van der Waals surface area contributed by atoms with Crippen molar-refractivity contribution in [2.45, 2.75) is 46.0 Å². The molecule has 0 spiro atoms. The van der Waals surface area contributed by atoms with Crippen LogP contribution in [-0.2, 0) is 21.5 Å². The minimum Gasteiger partial charge on any atom is -0.465 e. The van der Waals surface area contributed by atoms with Crippen LogP contribution in [0.25, 0.3) is 0 Å². The quantitative estimate of drug-likeness (QED) is 0.306. The fraction of sp³-hybridized carbons (Fsp3) is 0.333. The van der Waals surface area contributed by atoms with Crippen LogP contribution in [0.2, 0.25) is 0 Å². The van der Waals surface area contributed by atoms with Crippen molar-refractivity contribution in [3.63, 3.8) is 0 Å². The summed E-state index contributed by atoms with van der Waals surface area (Å²) < 4.78 is 37.0. The first-order chi connectivity index (χ1) is 15.4. The highest BCUT2D eigenvalue weighted by Crippen LogP contribution is 2.28. The van der Waals surface area contributed by atoms with Gasteiger partial charge >= 0.3 is 0 Å². The van der Waals surface area contributed by atoms with Crippen molar-refractivity contribution in [3.05, 3.63) is 89.7 Å². The van der Waals surface area contributed by atoms with Crippen LogP contribution in [0.1, 0.15) is 38.8 Å². The molecule has 4 nitrogen and oxygen atoms in total. The van der Waals surface area contributed by atoms with Crippen LogP contribution in [0.15, 0.2) is 72.8 Å². The molecule has 3 aromatic carbocycles. The molecule has 170 valence electrons. The molecule has 0 radical (unpaired) electrons. The molecule has 3 aromatic rings. The molecule has 0 amide bonds. The summed E-state index contributed by atoms with van der Waals surface area (Å²) >= 11 is 0. The Hall–Kier alpha value is -2.89. The van der Waals surface area contributed by atoms with Crippen molar-refractivity contribution < 1.29 is 23.3 Å². The van der Waals surface area contributed by atoms with E-state index < -0.39 is 5.82 Å². The van der Waals surface area contributed by atoms with E-state index in [1.165, 1.54) is 6.07 Å². The van der Waals surface area contributed by atoms with Gasteiger partial charge in [0.2, 0.25) is 0 Å². The summed E-state index contributed by atoms with van der Waals surface area (Å²) in [4.78, 5) is 0. The van der Waals surface area contributed by atoms with E-state index in [1.54, 1.807) is 24.3 Å². The van der Waals surface area contributed by atoms with Gasteiger partial charge in [-0.15, -0.1) is 0 Å². The van der Waals surface area contributed by atoms with Crippen LogP contribution >= 0.6 is 0 Å².